The van der Waals surface area contributed by atoms with Gasteiger partial charge in [0.05, 0.1) is 5.60 Å². The third kappa shape index (κ3) is 2.80. The molecule has 0 atom stereocenters. The van der Waals surface area contributed by atoms with Crippen LogP contribution < -0.4 is 0 Å². The van der Waals surface area contributed by atoms with Gasteiger partial charge in [-0.15, -0.1) is 0 Å². The van der Waals surface area contributed by atoms with Crippen LogP contribution in [0.4, 0.5) is 4.39 Å². The Hall–Kier alpha value is -1.39. The molecular weight excluding hydrogens is 269 g/mol. The normalized spacial score (nSPS) is 18.2. The minimum absolute atomic E-state index is 0.168. The van der Waals surface area contributed by atoms with Crippen molar-refractivity contribution >= 4 is 17.5 Å². The molecule has 0 aliphatic carbocycles. The summed E-state index contributed by atoms with van der Waals surface area (Å²) in [5.41, 5.74) is -1.00. The predicted molar refractivity (Wildman–Crippen MR) is 71.3 cm³/mol. The topological polar surface area (TPSA) is 40.5 Å². The SMILES string of the molecule is C=CC(=O)N1CCC(O)(c2ccc(Cl)cc2F)CC1. The molecular formula is C14H15ClFNO2. The van der Waals surface area contributed by atoms with Crippen LogP contribution in [0.3, 0.4) is 0 Å². The van der Waals surface area contributed by atoms with E-state index in [1.807, 2.05) is 0 Å². The van der Waals surface area contributed by atoms with Crippen LogP contribution in [-0.2, 0) is 10.4 Å². The molecule has 5 heteroatoms. The summed E-state index contributed by atoms with van der Waals surface area (Å²) in [5.74, 6) is -0.683. The number of benzene rings is 1. The van der Waals surface area contributed by atoms with Gasteiger partial charge in [-0.3, -0.25) is 4.79 Å². The first-order valence-corrected chi connectivity index (χ1v) is 6.43. The molecule has 1 aliphatic heterocycles. The molecule has 1 aliphatic rings. The van der Waals surface area contributed by atoms with Crippen molar-refractivity contribution in [3.8, 4) is 0 Å². The first-order valence-electron chi connectivity index (χ1n) is 6.05. The van der Waals surface area contributed by atoms with Gasteiger partial charge >= 0.3 is 0 Å². The summed E-state index contributed by atoms with van der Waals surface area (Å²) in [6.07, 6.45) is 1.84. The molecule has 0 radical (unpaired) electrons. The summed E-state index contributed by atoms with van der Waals surface area (Å²) in [6, 6.07) is 4.25. The fourth-order valence-electron chi connectivity index (χ4n) is 2.36. The molecule has 1 heterocycles. The van der Waals surface area contributed by atoms with Gasteiger partial charge in [-0.1, -0.05) is 24.2 Å². The second kappa shape index (κ2) is 5.31. The quantitative estimate of drug-likeness (QED) is 0.847. The Labute approximate surface area is 116 Å². The van der Waals surface area contributed by atoms with Gasteiger partial charge in [0.25, 0.3) is 0 Å². The molecule has 102 valence electrons. The van der Waals surface area contributed by atoms with Crippen LogP contribution in [-0.4, -0.2) is 29.0 Å². The lowest BCUT2D eigenvalue weighted by Crippen LogP contribution is -2.45. The second-order valence-corrected chi connectivity index (χ2v) is 5.12. The van der Waals surface area contributed by atoms with Crippen LogP contribution in [0.5, 0.6) is 0 Å². The molecule has 0 spiro atoms. The van der Waals surface area contributed by atoms with E-state index >= 15 is 0 Å². The highest BCUT2D eigenvalue weighted by atomic mass is 35.5. The number of rotatable bonds is 2. The van der Waals surface area contributed by atoms with Gasteiger partial charge < -0.3 is 10.0 Å². The van der Waals surface area contributed by atoms with Gasteiger partial charge in [0.2, 0.25) is 5.91 Å². The molecule has 1 N–H and O–H groups in total. The maximum Gasteiger partial charge on any atom is 0.245 e. The molecule has 19 heavy (non-hydrogen) atoms. The van der Waals surface area contributed by atoms with Crippen LogP contribution in [0.1, 0.15) is 18.4 Å². The highest BCUT2D eigenvalue weighted by Gasteiger charge is 2.36. The van der Waals surface area contributed by atoms with E-state index in [4.69, 9.17) is 11.6 Å². The van der Waals surface area contributed by atoms with Crippen LogP contribution in [0.15, 0.2) is 30.9 Å². The van der Waals surface area contributed by atoms with E-state index in [0.29, 0.717) is 31.0 Å². The largest absolute Gasteiger partial charge is 0.385 e. The molecule has 3 nitrogen and oxygen atoms in total. The third-order valence-electron chi connectivity index (χ3n) is 3.51. The van der Waals surface area contributed by atoms with Crippen molar-refractivity contribution in [3.05, 3.63) is 47.3 Å². The summed E-state index contributed by atoms with van der Waals surface area (Å²) in [5, 5.41) is 10.8. The first-order chi connectivity index (χ1) is 8.96. The summed E-state index contributed by atoms with van der Waals surface area (Å²) in [4.78, 5) is 13.1. The number of nitrogens with zero attached hydrogens (tertiary/aromatic N) is 1. The molecule has 0 bridgehead atoms. The van der Waals surface area contributed by atoms with E-state index in [9.17, 15) is 14.3 Å². The Morgan fingerprint density at radius 3 is 2.63 bits per heavy atom. The van der Waals surface area contributed by atoms with Gasteiger partial charge in [-0.25, -0.2) is 4.39 Å². The van der Waals surface area contributed by atoms with Gasteiger partial charge in [-0.05, 0) is 31.1 Å². The predicted octanol–water partition coefficient (Wildman–Crippen LogP) is 2.48. The average Bonchev–Trinajstić information content (AvgIpc) is 2.38. The maximum absolute atomic E-state index is 13.9. The smallest absolute Gasteiger partial charge is 0.245 e. The van der Waals surface area contributed by atoms with Gasteiger partial charge in [0, 0.05) is 23.7 Å². The zero-order valence-corrected chi connectivity index (χ0v) is 11.2. The second-order valence-electron chi connectivity index (χ2n) is 4.69. The van der Waals surface area contributed by atoms with Crippen LogP contribution >= 0.6 is 11.6 Å². The molecule has 1 saturated heterocycles. The molecule has 0 aromatic heterocycles. The van der Waals surface area contributed by atoms with E-state index in [-0.39, 0.29) is 11.5 Å². The lowest BCUT2D eigenvalue weighted by molar-refractivity contribution is -0.130. The number of hydrogen-bond acceptors (Lipinski definition) is 2. The summed E-state index contributed by atoms with van der Waals surface area (Å²) >= 11 is 5.70. The fourth-order valence-corrected chi connectivity index (χ4v) is 2.52. The number of carbonyl (C=O) groups excluding carboxylic acids is 1. The van der Waals surface area contributed by atoms with E-state index in [1.165, 1.54) is 18.2 Å². The monoisotopic (exact) mass is 283 g/mol. The molecule has 2 rings (SSSR count). The highest BCUT2D eigenvalue weighted by molar-refractivity contribution is 6.30. The molecule has 1 fully saturated rings. The van der Waals surface area contributed by atoms with Crippen LogP contribution in [0, 0.1) is 5.82 Å². The van der Waals surface area contributed by atoms with Crippen LogP contribution in [0.2, 0.25) is 5.02 Å². The minimum atomic E-state index is -1.24. The van der Waals surface area contributed by atoms with E-state index in [2.05, 4.69) is 6.58 Å². The van der Waals surface area contributed by atoms with Crippen molar-refractivity contribution in [2.75, 3.05) is 13.1 Å². The molecule has 1 aromatic carbocycles. The third-order valence-corrected chi connectivity index (χ3v) is 3.74. The Morgan fingerprint density at radius 1 is 1.47 bits per heavy atom. The number of amides is 1. The van der Waals surface area contributed by atoms with Gasteiger partial charge in [-0.2, -0.15) is 0 Å². The van der Waals surface area contributed by atoms with Crippen molar-refractivity contribution < 1.29 is 14.3 Å². The molecule has 1 amide bonds. The Morgan fingerprint density at radius 2 is 2.11 bits per heavy atom. The average molecular weight is 284 g/mol. The van der Waals surface area contributed by atoms with Crippen molar-refractivity contribution in [1.29, 1.82) is 0 Å². The number of carbonyl (C=O) groups is 1. The van der Waals surface area contributed by atoms with Gasteiger partial charge in [0.1, 0.15) is 5.82 Å². The number of halogens is 2. The van der Waals surface area contributed by atoms with E-state index in [1.54, 1.807) is 11.0 Å². The first kappa shape index (κ1) is 14.0. The molecule has 0 unspecified atom stereocenters. The number of aliphatic hydroxyl groups is 1. The zero-order chi connectivity index (χ0) is 14.0. The number of piperidine rings is 1. The van der Waals surface area contributed by atoms with Crippen LogP contribution in [0.25, 0.3) is 0 Å². The summed E-state index contributed by atoms with van der Waals surface area (Å²) < 4.78 is 13.9. The fraction of sp³-hybridized carbons (Fsp3) is 0.357. The highest BCUT2D eigenvalue weighted by Crippen LogP contribution is 2.35. The van der Waals surface area contributed by atoms with Crippen molar-refractivity contribution in [2.45, 2.75) is 18.4 Å². The van der Waals surface area contributed by atoms with E-state index < -0.39 is 11.4 Å². The summed E-state index contributed by atoms with van der Waals surface area (Å²) in [7, 11) is 0. The van der Waals surface area contributed by atoms with Crippen molar-refractivity contribution in [1.82, 2.24) is 4.90 Å². The van der Waals surface area contributed by atoms with Crippen molar-refractivity contribution in [3.63, 3.8) is 0 Å². The maximum atomic E-state index is 13.9. The van der Waals surface area contributed by atoms with Gasteiger partial charge in [0.15, 0.2) is 0 Å². The minimum Gasteiger partial charge on any atom is -0.385 e. The molecule has 0 saturated carbocycles. The molecule has 1 aromatic rings. The lowest BCUT2D eigenvalue weighted by Gasteiger charge is -2.38. The standard InChI is InChI=1S/C14H15ClFNO2/c1-2-13(18)17-7-5-14(19,6-8-17)11-4-3-10(15)9-12(11)16/h2-4,9,19H,1,5-8H2. The Kier molecular flexibility index (Phi) is 3.92. The van der Waals surface area contributed by atoms with Crippen molar-refractivity contribution in [2.24, 2.45) is 0 Å². The Balaban J connectivity index is 2.17. The lowest BCUT2D eigenvalue weighted by atomic mass is 9.84. The zero-order valence-electron chi connectivity index (χ0n) is 10.4. The summed E-state index contributed by atoms with van der Waals surface area (Å²) in [6.45, 7) is 4.18. The number of likely N-dealkylation sites (tertiary alicyclic amines) is 1. The number of hydrogen-bond donors (Lipinski definition) is 1. The van der Waals surface area contributed by atoms with E-state index in [0.717, 1.165) is 0 Å². The Bertz CT molecular complexity index is 510.